The van der Waals surface area contributed by atoms with Crippen LogP contribution >= 0.6 is 0 Å². The van der Waals surface area contributed by atoms with Crippen molar-refractivity contribution in [2.45, 2.75) is 9.79 Å². The normalized spacial score (nSPS) is 11.7. The van der Waals surface area contributed by atoms with Crippen molar-refractivity contribution in [1.29, 1.82) is 0 Å². The minimum atomic E-state index is -3.83. The Morgan fingerprint density at radius 3 is 2.37 bits per heavy atom. The number of aromatic nitrogens is 2. The Morgan fingerprint density at radius 1 is 0.733 bits per heavy atom. The molecule has 2 heterocycles. The molecule has 0 atom stereocenters. The number of rotatable bonds is 3. The molecule has 0 bridgehead atoms. The van der Waals surface area contributed by atoms with Gasteiger partial charge in [0.1, 0.15) is 11.3 Å². The van der Waals surface area contributed by atoms with E-state index in [1.807, 2.05) is 36.4 Å². The Labute approximate surface area is 173 Å². The van der Waals surface area contributed by atoms with Gasteiger partial charge in [0, 0.05) is 23.2 Å². The molecule has 30 heavy (non-hydrogen) atoms. The first-order valence-corrected chi connectivity index (χ1v) is 10.8. The van der Waals surface area contributed by atoms with Gasteiger partial charge in [0.15, 0.2) is 0 Å². The molecule has 0 aliphatic heterocycles. The van der Waals surface area contributed by atoms with Gasteiger partial charge in [-0.1, -0.05) is 30.3 Å². The largest absolute Gasteiger partial charge is 0.506 e. The molecule has 0 saturated carbocycles. The molecule has 0 spiro atoms. The van der Waals surface area contributed by atoms with E-state index in [-0.39, 0.29) is 21.1 Å². The molecule has 5 rings (SSSR count). The summed E-state index contributed by atoms with van der Waals surface area (Å²) in [5.74, 6) is -0.0541. The zero-order valence-electron chi connectivity index (χ0n) is 15.7. The highest BCUT2D eigenvalue weighted by Crippen LogP contribution is 2.34. The number of phenolic OH excluding ortho intramolecular Hbond substituents is 1. The van der Waals surface area contributed by atoms with E-state index >= 15 is 0 Å². The van der Waals surface area contributed by atoms with Crippen LogP contribution in [0.2, 0.25) is 0 Å². The van der Waals surface area contributed by atoms with Crippen LogP contribution in [0.15, 0.2) is 101 Å². The van der Waals surface area contributed by atoms with Gasteiger partial charge in [-0.25, -0.2) is 8.42 Å². The summed E-state index contributed by atoms with van der Waals surface area (Å²) in [6.07, 6.45) is 3.25. The van der Waals surface area contributed by atoms with Crippen LogP contribution in [0.3, 0.4) is 0 Å². The zero-order chi connectivity index (χ0) is 20.7. The van der Waals surface area contributed by atoms with E-state index in [1.165, 1.54) is 18.3 Å². The molecule has 1 N–H and O–H groups in total. The van der Waals surface area contributed by atoms with Gasteiger partial charge in [-0.05, 0) is 59.7 Å². The summed E-state index contributed by atoms with van der Waals surface area (Å²) in [5.41, 5.74) is 2.81. The Morgan fingerprint density at radius 2 is 1.50 bits per heavy atom. The molecule has 0 saturated heterocycles. The van der Waals surface area contributed by atoms with Crippen LogP contribution < -0.4 is 0 Å². The number of pyridine rings is 2. The van der Waals surface area contributed by atoms with Crippen LogP contribution in [-0.4, -0.2) is 23.5 Å². The van der Waals surface area contributed by atoms with Crippen molar-refractivity contribution in [1.82, 2.24) is 9.97 Å². The van der Waals surface area contributed by atoms with Crippen molar-refractivity contribution in [3.05, 3.63) is 91.3 Å². The minimum absolute atomic E-state index is 0.0541. The first-order chi connectivity index (χ1) is 14.6. The average Bonchev–Trinajstić information content (AvgIpc) is 2.79. The standard InChI is InChI=1S/C24H16N2O3S/c27-22-11-12-23(20-9-4-14-26-24(20)22)30(28,29)17-6-1-5-16(15-17)18-7-2-10-21-19(18)8-3-13-25-21/h1-15,27H. The van der Waals surface area contributed by atoms with E-state index < -0.39 is 9.84 Å². The predicted molar refractivity (Wildman–Crippen MR) is 116 cm³/mol. The SMILES string of the molecule is O=S(=O)(c1cccc(-c2cccc3ncccc23)c1)c1ccc(O)c2ncccc12. The molecular weight excluding hydrogens is 396 g/mol. The van der Waals surface area contributed by atoms with E-state index in [4.69, 9.17) is 0 Å². The van der Waals surface area contributed by atoms with Crippen LogP contribution in [0.4, 0.5) is 0 Å². The number of fused-ring (bicyclic) bond motifs is 2. The van der Waals surface area contributed by atoms with Gasteiger partial charge in [-0.2, -0.15) is 0 Å². The lowest BCUT2D eigenvalue weighted by Crippen LogP contribution is -2.03. The lowest BCUT2D eigenvalue weighted by Gasteiger charge is -2.11. The Bertz CT molecular complexity index is 1520. The maximum absolute atomic E-state index is 13.5. The van der Waals surface area contributed by atoms with Crippen LogP contribution in [0.1, 0.15) is 0 Å². The molecule has 3 aromatic carbocycles. The highest BCUT2D eigenvalue weighted by Gasteiger charge is 2.22. The Balaban J connectivity index is 1.70. The molecule has 5 aromatic rings. The zero-order valence-corrected chi connectivity index (χ0v) is 16.5. The summed E-state index contributed by atoms with van der Waals surface area (Å²) in [6.45, 7) is 0. The smallest absolute Gasteiger partial charge is 0.207 e. The number of hydrogen-bond acceptors (Lipinski definition) is 5. The molecule has 146 valence electrons. The third kappa shape index (κ3) is 2.89. The number of nitrogens with zero attached hydrogens (tertiary/aromatic N) is 2. The maximum Gasteiger partial charge on any atom is 0.207 e. The second kappa shape index (κ2) is 6.93. The van der Waals surface area contributed by atoms with Gasteiger partial charge in [0.2, 0.25) is 9.84 Å². The molecule has 6 heteroatoms. The predicted octanol–water partition coefficient (Wildman–Crippen LogP) is 4.99. The number of hydrogen-bond donors (Lipinski definition) is 1. The van der Waals surface area contributed by atoms with Crippen LogP contribution in [0, 0.1) is 0 Å². The van der Waals surface area contributed by atoms with Crippen LogP contribution in [0.25, 0.3) is 32.9 Å². The fourth-order valence-electron chi connectivity index (χ4n) is 3.68. The van der Waals surface area contributed by atoms with Gasteiger partial charge in [-0.3, -0.25) is 9.97 Å². The summed E-state index contributed by atoms with van der Waals surface area (Å²) in [4.78, 5) is 8.79. The third-order valence-corrected chi connectivity index (χ3v) is 6.91. The van der Waals surface area contributed by atoms with Crippen molar-refractivity contribution in [3.8, 4) is 16.9 Å². The topological polar surface area (TPSA) is 80.2 Å². The fraction of sp³-hybridized carbons (Fsp3) is 0. The molecule has 2 aromatic heterocycles. The summed E-state index contributed by atoms with van der Waals surface area (Å²) < 4.78 is 27.0. The van der Waals surface area contributed by atoms with E-state index in [1.54, 1.807) is 36.5 Å². The average molecular weight is 412 g/mol. The van der Waals surface area contributed by atoms with Crippen molar-refractivity contribution >= 4 is 31.6 Å². The lowest BCUT2D eigenvalue weighted by atomic mass is 10.0. The van der Waals surface area contributed by atoms with Gasteiger partial charge >= 0.3 is 0 Å². The molecule has 0 radical (unpaired) electrons. The summed E-state index contributed by atoms with van der Waals surface area (Å²) in [5, 5.41) is 11.4. The molecule has 0 aliphatic carbocycles. The quantitative estimate of drug-likeness (QED) is 0.452. The molecular formula is C24H16N2O3S. The van der Waals surface area contributed by atoms with E-state index in [0.717, 1.165) is 22.0 Å². The Kier molecular flexibility index (Phi) is 4.22. The molecule has 0 amide bonds. The lowest BCUT2D eigenvalue weighted by molar-refractivity contribution is 0.480. The third-order valence-electron chi connectivity index (χ3n) is 5.10. The van der Waals surface area contributed by atoms with Crippen LogP contribution in [0.5, 0.6) is 5.75 Å². The van der Waals surface area contributed by atoms with Gasteiger partial charge < -0.3 is 5.11 Å². The molecule has 0 fully saturated rings. The number of sulfone groups is 1. The van der Waals surface area contributed by atoms with Gasteiger partial charge in [0.25, 0.3) is 0 Å². The second-order valence-electron chi connectivity index (χ2n) is 6.89. The summed E-state index contributed by atoms with van der Waals surface area (Å²) >= 11 is 0. The minimum Gasteiger partial charge on any atom is -0.506 e. The first-order valence-electron chi connectivity index (χ1n) is 9.32. The van der Waals surface area contributed by atoms with E-state index in [2.05, 4.69) is 9.97 Å². The van der Waals surface area contributed by atoms with E-state index in [0.29, 0.717) is 5.39 Å². The van der Waals surface area contributed by atoms with Crippen molar-refractivity contribution < 1.29 is 13.5 Å². The van der Waals surface area contributed by atoms with E-state index in [9.17, 15) is 13.5 Å². The molecule has 0 unspecified atom stereocenters. The highest BCUT2D eigenvalue weighted by molar-refractivity contribution is 7.91. The molecule has 5 nitrogen and oxygen atoms in total. The maximum atomic E-state index is 13.5. The van der Waals surface area contributed by atoms with Crippen LogP contribution in [-0.2, 0) is 9.84 Å². The first kappa shape index (κ1) is 18.3. The van der Waals surface area contributed by atoms with Gasteiger partial charge in [0.05, 0.1) is 15.3 Å². The van der Waals surface area contributed by atoms with Gasteiger partial charge in [-0.15, -0.1) is 0 Å². The summed E-state index contributed by atoms with van der Waals surface area (Å²) in [7, 11) is -3.83. The number of phenols is 1. The Hall–Kier alpha value is -3.77. The monoisotopic (exact) mass is 412 g/mol. The second-order valence-corrected chi connectivity index (χ2v) is 8.81. The number of benzene rings is 3. The summed E-state index contributed by atoms with van der Waals surface area (Å²) in [6, 6.07) is 22.6. The van der Waals surface area contributed by atoms with Crippen molar-refractivity contribution in [3.63, 3.8) is 0 Å². The molecule has 0 aliphatic rings. The number of aromatic hydroxyl groups is 1. The van der Waals surface area contributed by atoms with Crippen molar-refractivity contribution in [2.75, 3.05) is 0 Å². The van der Waals surface area contributed by atoms with Crippen molar-refractivity contribution in [2.24, 2.45) is 0 Å². The highest BCUT2D eigenvalue weighted by atomic mass is 32.2. The fourth-order valence-corrected chi connectivity index (χ4v) is 5.17.